The number of aromatic nitrogens is 4. The quantitative estimate of drug-likeness (QED) is 0.475. The number of hydrogen-bond donors (Lipinski definition) is 1. The maximum atomic E-state index is 14.7. The van der Waals surface area contributed by atoms with E-state index in [0.29, 0.717) is 35.6 Å². The lowest BCUT2D eigenvalue weighted by molar-refractivity contribution is 0.0804. The van der Waals surface area contributed by atoms with Crippen LogP contribution < -0.4 is 5.32 Å². The first-order valence-corrected chi connectivity index (χ1v) is 10.5. The molecule has 0 spiro atoms. The molecule has 2 amide bonds. The van der Waals surface area contributed by atoms with Gasteiger partial charge in [-0.25, -0.2) is 13.7 Å². The van der Waals surface area contributed by atoms with Crippen LogP contribution in [0.4, 0.5) is 14.9 Å². The zero-order valence-corrected chi connectivity index (χ0v) is 18.6. The Kier molecular flexibility index (Phi) is 5.37. The van der Waals surface area contributed by atoms with Crippen LogP contribution in [0.1, 0.15) is 33.3 Å². The third-order valence-electron chi connectivity index (χ3n) is 5.85. The van der Waals surface area contributed by atoms with E-state index >= 15 is 0 Å². The Balaban J connectivity index is 1.39. The summed E-state index contributed by atoms with van der Waals surface area (Å²) in [6, 6.07) is 7.97. The molecule has 0 saturated carbocycles. The van der Waals surface area contributed by atoms with Crippen molar-refractivity contribution in [2.24, 2.45) is 0 Å². The molecule has 1 aliphatic rings. The number of methoxy groups -OCH3 is 1. The van der Waals surface area contributed by atoms with Crippen molar-refractivity contribution in [2.45, 2.75) is 12.8 Å². The number of fused-ring (bicyclic) bond motifs is 1. The lowest BCUT2D eigenvalue weighted by atomic mass is 10.0. The first-order chi connectivity index (χ1) is 16.9. The van der Waals surface area contributed by atoms with E-state index in [1.807, 2.05) is 6.07 Å². The van der Waals surface area contributed by atoms with E-state index < -0.39 is 17.8 Å². The van der Waals surface area contributed by atoms with Gasteiger partial charge >= 0.3 is 6.09 Å². The summed E-state index contributed by atoms with van der Waals surface area (Å²) >= 11 is 0. The number of hydrogen-bond acceptors (Lipinski definition) is 8. The molecule has 0 atom stereocenters. The van der Waals surface area contributed by atoms with E-state index in [2.05, 4.69) is 25.3 Å². The van der Waals surface area contributed by atoms with Crippen molar-refractivity contribution in [1.29, 1.82) is 5.26 Å². The van der Waals surface area contributed by atoms with Gasteiger partial charge in [0.05, 0.1) is 41.9 Å². The van der Waals surface area contributed by atoms with E-state index in [9.17, 15) is 14.0 Å². The van der Waals surface area contributed by atoms with E-state index in [1.54, 1.807) is 24.4 Å². The maximum Gasteiger partial charge on any atom is 0.409 e. The lowest BCUT2D eigenvalue weighted by Crippen LogP contribution is -2.48. The lowest BCUT2D eigenvalue weighted by Gasteiger charge is -2.35. The zero-order chi connectivity index (χ0) is 24.7. The molecule has 176 valence electrons. The van der Waals surface area contributed by atoms with Gasteiger partial charge in [-0.3, -0.25) is 4.79 Å². The molecule has 5 rings (SSSR count). The number of amides is 2. The van der Waals surface area contributed by atoms with Gasteiger partial charge in [0, 0.05) is 36.1 Å². The van der Waals surface area contributed by atoms with Crippen molar-refractivity contribution in [3.63, 3.8) is 0 Å². The summed E-state index contributed by atoms with van der Waals surface area (Å²) in [6.07, 6.45) is 2.52. The van der Waals surface area contributed by atoms with Crippen molar-refractivity contribution in [2.75, 3.05) is 25.5 Å². The first kappa shape index (κ1) is 22.0. The standard InChI is InChI=1S/C23H18FN7O4/c1-12-17(24)6-14(20-28-22(35-29-20)15-10-30(11-15)23(33)34-2)7-18(12)27-21(32)16-9-26-31-4-3-13(8-25)5-19(16)31/h3-7,9,15H,10-11H2,1-2H3,(H,27,32). The Bertz CT molecular complexity index is 1510. The number of rotatable bonds is 4. The summed E-state index contributed by atoms with van der Waals surface area (Å²) in [5.74, 6) is -0.733. The molecule has 0 unspecified atom stereocenters. The second-order valence-electron chi connectivity index (χ2n) is 8.03. The molecule has 0 radical (unpaired) electrons. The summed E-state index contributed by atoms with van der Waals surface area (Å²) < 4.78 is 26.2. The SMILES string of the molecule is COC(=O)N1CC(c2nc(-c3cc(F)c(C)c(NC(=O)c4cnn5ccc(C#N)cc45)c3)no2)C1. The molecule has 35 heavy (non-hydrogen) atoms. The molecule has 0 aliphatic carbocycles. The number of nitrogens with one attached hydrogen (secondary N) is 1. The molecule has 12 heteroatoms. The number of carbonyl (C=O) groups is 2. The highest BCUT2D eigenvalue weighted by Crippen LogP contribution is 2.31. The number of carbonyl (C=O) groups excluding carboxylic acids is 2. The highest BCUT2D eigenvalue weighted by atomic mass is 19.1. The molecule has 4 heterocycles. The number of pyridine rings is 1. The Morgan fingerprint density at radius 3 is 2.86 bits per heavy atom. The van der Waals surface area contributed by atoms with E-state index in [-0.39, 0.29) is 28.6 Å². The van der Waals surface area contributed by atoms with Crippen LogP contribution in [0.5, 0.6) is 0 Å². The van der Waals surface area contributed by atoms with Crippen LogP contribution in [-0.4, -0.2) is 56.9 Å². The van der Waals surface area contributed by atoms with Gasteiger partial charge in [-0.05, 0) is 31.2 Å². The zero-order valence-electron chi connectivity index (χ0n) is 18.6. The summed E-state index contributed by atoms with van der Waals surface area (Å²) in [7, 11) is 1.31. The van der Waals surface area contributed by atoms with Crippen molar-refractivity contribution >= 4 is 23.2 Å². The van der Waals surface area contributed by atoms with Gasteiger partial charge in [0.25, 0.3) is 5.91 Å². The molecule has 1 N–H and O–H groups in total. The molecule has 1 saturated heterocycles. The van der Waals surface area contributed by atoms with Crippen LogP contribution in [0.2, 0.25) is 0 Å². The Morgan fingerprint density at radius 2 is 2.11 bits per heavy atom. The van der Waals surface area contributed by atoms with Crippen molar-refractivity contribution in [1.82, 2.24) is 24.7 Å². The fraction of sp³-hybridized carbons (Fsp3) is 0.217. The van der Waals surface area contributed by atoms with Gasteiger partial charge in [0.15, 0.2) is 0 Å². The normalized spacial score (nSPS) is 13.4. The summed E-state index contributed by atoms with van der Waals surface area (Å²) in [5, 5.41) is 19.9. The monoisotopic (exact) mass is 475 g/mol. The average Bonchev–Trinajstić information content (AvgIpc) is 3.47. The highest BCUT2D eigenvalue weighted by molar-refractivity contribution is 6.09. The number of ether oxygens (including phenoxy) is 1. The number of benzene rings is 1. The average molecular weight is 475 g/mol. The first-order valence-electron chi connectivity index (χ1n) is 10.5. The maximum absolute atomic E-state index is 14.7. The highest BCUT2D eigenvalue weighted by Gasteiger charge is 2.36. The second kappa shape index (κ2) is 8.53. The fourth-order valence-corrected chi connectivity index (χ4v) is 3.78. The number of nitrogens with zero attached hydrogens (tertiary/aromatic N) is 6. The Hall–Kier alpha value is -4.79. The molecular weight excluding hydrogens is 457 g/mol. The van der Waals surface area contributed by atoms with Crippen LogP contribution in [0.3, 0.4) is 0 Å². The molecule has 1 aliphatic heterocycles. The van der Waals surface area contributed by atoms with Gasteiger partial charge < -0.3 is 19.5 Å². The molecule has 1 aromatic carbocycles. The fourth-order valence-electron chi connectivity index (χ4n) is 3.78. The molecule has 1 fully saturated rings. The third-order valence-corrected chi connectivity index (χ3v) is 5.85. The molecule has 11 nitrogen and oxygen atoms in total. The van der Waals surface area contributed by atoms with Crippen LogP contribution >= 0.6 is 0 Å². The van der Waals surface area contributed by atoms with E-state index in [1.165, 1.54) is 35.7 Å². The molecule has 4 aromatic rings. The Morgan fingerprint density at radius 1 is 1.31 bits per heavy atom. The topological polar surface area (TPSA) is 139 Å². The van der Waals surface area contributed by atoms with Crippen LogP contribution in [0, 0.1) is 24.1 Å². The molecular formula is C23H18FN7O4. The van der Waals surface area contributed by atoms with Gasteiger partial charge in [0.1, 0.15) is 5.82 Å². The van der Waals surface area contributed by atoms with Gasteiger partial charge in [-0.1, -0.05) is 5.16 Å². The number of likely N-dealkylation sites (tertiary alicyclic amines) is 1. The predicted molar refractivity (Wildman–Crippen MR) is 119 cm³/mol. The minimum absolute atomic E-state index is 0.140. The van der Waals surface area contributed by atoms with Crippen molar-refractivity contribution in [3.05, 3.63) is 65.1 Å². The summed E-state index contributed by atoms with van der Waals surface area (Å²) in [6.45, 7) is 2.30. The molecule has 0 bridgehead atoms. The van der Waals surface area contributed by atoms with Crippen LogP contribution in [0.25, 0.3) is 16.9 Å². The van der Waals surface area contributed by atoms with Gasteiger partial charge in [-0.2, -0.15) is 15.3 Å². The van der Waals surface area contributed by atoms with E-state index in [0.717, 1.165) is 0 Å². The van der Waals surface area contributed by atoms with Gasteiger partial charge in [0.2, 0.25) is 11.7 Å². The van der Waals surface area contributed by atoms with Crippen molar-refractivity contribution < 1.29 is 23.2 Å². The van der Waals surface area contributed by atoms with Gasteiger partial charge in [-0.15, -0.1) is 0 Å². The minimum Gasteiger partial charge on any atom is -0.453 e. The summed E-state index contributed by atoms with van der Waals surface area (Å²) in [5.41, 5.74) is 1.83. The number of anilines is 1. The van der Waals surface area contributed by atoms with Crippen LogP contribution in [0.15, 0.2) is 41.2 Å². The molecule has 3 aromatic heterocycles. The van der Waals surface area contributed by atoms with Crippen LogP contribution in [-0.2, 0) is 4.74 Å². The number of nitriles is 1. The minimum atomic E-state index is -0.559. The smallest absolute Gasteiger partial charge is 0.409 e. The summed E-state index contributed by atoms with van der Waals surface area (Å²) in [4.78, 5) is 30.3. The largest absolute Gasteiger partial charge is 0.453 e. The third kappa shape index (κ3) is 3.93. The number of halogens is 1. The predicted octanol–water partition coefficient (Wildman–Crippen LogP) is 3.12. The van der Waals surface area contributed by atoms with E-state index in [4.69, 9.17) is 9.78 Å². The Labute approximate surface area is 197 Å². The second-order valence-corrected chi connectivity index (χ2v) is 8.03. The van der Waals surface area contributed by atoms with Crippen molar-refractivity contribution in [3.8, 4) is 17.5 Å².